The van der Waals surface area contributed by atoms with E-state index in [4.69, 9.17) is 0 Å². The highest BCUT2D eigenvalue weighted by Gasteiger charge is 2.24. The van der Waals surface area contributed by atoms with Gasteiger partial charge in [0, 0.05) is 26.2 Å². The lowest BCUT2D eigenvalue weighted by atomic mass is 9.99. The van der Waals surface area contributed by atoms with Crippen LogP contribution >= 0.6 is 0 Å². The van der Waals surface area contributed by atoms with Crippen LogP contribution in [-0.4, -0.2) is 52.1 Å². The molecule has 1 aromatic heterocycles. The monoisotopic (exact) mass is 264 g/mol. The van der Waals surface area contributed by atoms with Crippen molar-refractivity contribution in [2.24, 2.45) is 5.92 Å². The van der Waals surface area contributed by atoms with Crippen molar-refractivity contribution in [3.63, 3.8) is 0 Å². The number of hydrogen-bond acceptors (Lipinski definition) is 5. The van der Waals surface area contributed by atoms with Gasteiger partial charge in [-0.1, -0.05) is 0 Å². The van der Waals surface area contributed by atoms with Crippen LogP contribution in [0.25, 0.3) is 0 Å². The molecule has 0 aromatic carbocycles. The lowest BCUT2D eigenvalue weighted by Gasteiger charge is -2.31. The molecule has 1 saturated heterocycles. The van der Waals surface area contributed by atoms with Gasteiger partial charge in [-0.25, -0.2) is 9.97 Å². The van der Waals surface area contributed by atoms with Crippen LogP contribution in [0.5, 0.6) is 0 Å². The van der Waals surface area contributed by atoms with Gasteiger partial charge in [0.25, 0.3) is 5.91 Å². The Balaban J connectivity index is 2.02. The predicted octanol–water partition coefficient (Wildman–Crippen LogP) is 0.753. The average Bonchev–Trinajstić information content (AvgIpc) is 2.48. The van der Waals surface area contributed by atoms with Crippen LogP contribution in [0.15, 0.2) is 12.4 Å². The summed E-state index contributed by atoms with van der Waals surface area (Å²) in [6, 6.07) is 0. The summed E-state index contributed by atoms with van der Waals surface area (Å²) in [5.41, 5.74) is 0.361. The second-order valence-electron chi connectivity index (χ2n) is 4.76. The number of aliphatic hydroxyl groups is 1. The predicted molar refractivity (Wildman–Crippen MR) is 71.9 cm³/mol. The molecule has 0 saturated carbocycles. The van der Waals surface area contributed by atoms with Gasteiger partial charge in [-0.2, -0.15) is 0 Å². The molecular formula is C13H20N4O2. The van der Waals surface area contributed by atoms with Crippen molar-refractivity contribution in [1.82, 2.24) is 14.9 Å². The third-order valence-corrected chi connectivity index (χ3v) is 3.29. The van der Waals surface area contributed by atoms with Crippen LogP contribution in [0.3, 0.4) is 0 Å². The van der Waals surface area contributed by atoms with Crippen LogP contribution in [-0.2, 0) is 0 Å². The molecule has 104 valence electrons. The number of amides is 1. The first kappa shape index (κ1) is 13.7. The van der Waals surface area contributed by atoms with E-state index in [2.05, 4.69) is 15.3 Å². The highest BCUT2D eigenvalue weighted by Crippen LogP contribution is 2.17. The van der Waals surface area contributed by atoms with Crippen molar-refractivity contribution < 1.29 is 9.90 Å². The summed E-state index contributed by atoms with van der Waals surface area (Å²) in [7, 11) is 0. The molecule has 1 aliphatic heterocycles. The minimum Gasteiger partial charge on any atom is -0.396 e. The van der Waals surface area contributed by atoms with E-state index in [0.717, 1.165) is 25.9 Å². The number of likely N-dealkylation sites (tertiary alicyclic amines) is 1. The summed E-state index contributed by atoms with van der Waals surface area (Å²) in [5, 5.41) is 12.2. The third-order valence-electron chi connectivity index (χ3n) is 3.29. The van der Waals surface area contributed by atoms with Gasteiger partial charge in [0.15, 0.2) is 0 Å². The molecule has 19 heavy (non-hydrogen) atoms. The molecule has 0 spiro atoms. The molecule has 1 unspecified atom stereocenters. The number of nitrogens with one attached hydrogen (secondary N) is 1. The first-order valence-corrected chi connectivity index (χ1v) is 6.70. The number of carbonyl (C=O) groups is 1. The standard InChI is InChI=1S/C13H20N4O2/c1-2-14-12-7-15-11(6-16-12)13(19)17-5-3-4-10(8-17)9-18/h6-7,10,18H,2-5,8-9H2,1H3,(H,14,16). The van der Waals surface area contributed by atoms with Crippen molar-refractivity contribution >= 4 is 11.7 Å². The number of rotatable bonds is 4. The Labute approximate surface area is 112 Å². The molecular weight excluding hydrogens is 244 g/mol. The molecule has 2 rings (SSSR count). The maximum absolute atomic E-state index is 12.3. The zero-order valence-corrected chi connectivity index (χ0v) is 11.2. The molecule has 1 atom stereocenters. The van der Waals surface area contributed by atoms with E-state index in [9.17, 15) is 9.90 Å². The molecule has 1 amide bonds. The summed E-state index contributed by atoms with van der Waals surface area (Å²) >= 11 is 0. The Morgan fingerprint density at radius 3 is 3.00 bits per heavy atom. The van der Waals surface area contributed by atoms with Gasteiger partial charge in [-0.15, -0.1) is 0 Å². The van der Waals surface area contributed by atoms with Crippen LogP contribution in [0.4, 0.5) is 5.82 Å². The molecule has 2 heterocycles. The van der Waals surface area contributed by atoms with Crippen molar-refractivity contribution in [3.05, 3.63) is 18.1 Å². The van der Waals surface area contributed by atoms with Gasteiger partial charge in [-0.05, 0) is 25.7 Å². The first-order valence-electron chi connectivity index (χ1n) is 6.70. The van der Waals surface area contributed by atoms with Gasteiger partial charge in [-0.3, -0.25) is 4.79 Å². The Morgan fingerprint density at radius 2 is 2.37 bits per heavy atom. The van der Waals surface area contributed by atoms with E-state index in [1.54, 1.807) is 11.1 Å². The Morgan fingerprint density at radius 1 is 1.53 bits per heavy atom. The zero-order valence-electron chi connectivity index (χ0n) is 11.2. The van der Waals surface area contributed by atoms with Crippen LogP contribution in [0.1, 0.15) is 30.3 Å². The SMILES string of the molecule is CCNc1cnc(C(=O)N2CCCC(CO)C2)cn1. The minimum absolute atomic E-state index is 0.103. The fraction of sp³-hybridized carbons (Fsp3) is 0.615. The Kier molecular flexibility index (Phi) is 4.68. The summed E-state index contributed by atoms with van der Waals surface area (Å²) in [6.07, 6.45) is 4.98. The zero-order chi connectivity index (χ0) is 13.7. The molecule has 0 aliphatic carbocycles. The third kappa shape index (κ3) is 3.41. The molecule has 1 fully saturated rings. The average molecular weight is 264 g/mol. The van der Waals surface area contributed by atoms with E-state index in [1.807, 2.05) is 6.92 Å². The van der Waals surface area contributed by atoms with Crippen LogP contribution in [0.2, 0.25) is 0 Å². The van der Waals surface area contributed by atoms with Crippen molar-refractivity contribution in [2.75, 3.05) is 31.6 Å². The first-order chi connectivity index (χ1) is 9.24. The quantitative estimate of drug-likeness (QED) is 0.839. The topological polar surface area (TPSA) is 78.4 Å². The molecule has 2 N–H and O–H groups in total. The van der Waals surface area contributed by atoms with E-state index < -0.39 is 0 Å². The summed E-state index contributed by atoms with van der Waals surface area (Å²) in [5.74, 6) is 0.756. The Bertz CT molecular complexity index is 421. The van der Waals surface area contributed by atoms with Crippen molar-refractivity contribution in [1.29, 1.82) is 0 Å². The number of nitrogens with zero attached hydrogens (tertiary/aromatic N) is 3. The van der Waals surface area contributed by atoms with Crippen LogP contribution < -0.4 is 5.32 Å². The lowest BCUT2D eigenvalue weighted by Crippen LogP contribution is -2.41. The molecule has 1 aromatic rings. The second-order valence-corrected chi connectivity index (χ2v) is 4.76. The van der Waals surface area contributed by atoms with Crippen molar-refractivity contribution in [3.8, 4) is 0 Å². The summed E-state index contributed by atoms with van der Waals surface area (Å²) in [6.45, 7) is 4.21. The van der Waals surface area contributed by atoms with Gasteiger partial charge in [0.1, 0.15) is 11.5 Å². The maximum atomic E-state index is 12.3. The van der Waals surface area contributed by atoms with Crippen molar-refractivity contribution in [2.45, 2.75) is 19.8 Å². The number of aliphatic hydroxyl groups excluding tert-OH is 1. The summed E-state index contributed by atoms with van der Waals surface area (Å²) < 4.78 is 0. The van der Waals surface area contributed by atoms with E-state index in [-0.39, 0.29) is 18.4 Å². The number of anilines is 1. The number of carbonyl (C=O) groups excluding carboxylic acids is 1. The van der Waals surface area contributed by atoms with Crippen LogP contribution in [0, 0.1) is 5.92 Å². The highest BCUT2D eigenvalue weighted by atomic mass is 16.3. The maximum Gasteiger partial charge on any atom is 0.274 e. The fourth-order valence-corrected chi connectivity index (χ4v) is 2.27. The smallest absolute Gasteiger partial charge is 0.274 e. The van der Waals surface area contributed by atoms with Gasteiger partial charge in [0.2, 0.25) is 0 Å². The second kappa shape index (κ2) is 6.47. The largest absolute Gasteiger partial charge is 0.396 e. The lowest BCUT2D eigenvalue weighted by molar-refractivity contribution is 0.0614. The molecule has 1 aliphatic rings. The number of piperidine rings is 1. The normalized spacial score (nSPS) is 19.3. The van der Waals surface area contributed by atoms with Gasteiger partial charge < -0.3 is 15.3 Å². The summed E-state index contributed by atoms with van der Waals surface area (Å²) in [4.78, 5) is 22.3. The van der Waals surface area contributed by atoms with E-state index in [1.165, 1.54) is 6.20 Å². The minimum atomic E-state index is -0.103. The molecule has 6 heteroatoms. The highest BCUT2D eigenvalue weighted by molar-refractivity contribution is 5.92. The van der Waals surface area contributed by atoms with Gasteiger partial charge in [0.05, 0.1) is 12.4 Å². The molecule has 6 nitrogen and oxygen atoms in total. The van der Waals surface area contributed by atoms with E-state index in [0.29, 0.717) is 18.1 Å². The number of aromatic nitrogens is 2. The number of hydrogen-bond donors (Lipinski definition) is 2. The molecule has 0 bridgehead atoms. The Hall–Kier alpha value is -1.69. The van der Waals surface area contributed by atoms with E-state index >= 15 is 0 Å². The molecule has 0 radical (unpaired) electrons. The van der Waals surface area contributed by atoms with Gasteiger partial charge >= 0.3 is 0 Å². The fourth-order valence-electron chi connectivity index (χ4n) is 2.27.